The van der Waals surface area contributed by atoms with Gasteiger partial charge in [-0.15, -0.1) is 12.3 Å². The van der Waals surface area contributed by atoms with Gasteiger partial charge in [0.15, 0.2) is 0 Å². The van der Waals surface area contributed by atoms with Gasteiger partial charge in [-0.2, -0.15) is 0 Å². The van der Waals surface area contributed by atoms with Crippen molar-refractivity contribution in [1.82, 2.24) is 9.97 Å². The first-order chi connectivity index (χ1) is 6.72. The van der Waals surface area contributed by atoms with E-state index < -0.39 is 0 Å². The Labute approximate surface area is 86.7 Å². The van der Waals surface area contributed by atoms with Crippen LogP contribution in [0, 0.1) is 12.3 Å². The SMILES string of the molecule is C#CCCC(=O)Nc1ccnc(Cl)n1. The van der Waals surface area contributed by atoms with Gasteiger partial charge in [0.05, 0.1) is 0 Å². The van der Waals surface area contributed by atoms with Crippen LogP contribution >= 0.6 is 11.6 Å². The van der Waals surface area contributed by atoms with Crippen LogP contribution in [0.25, 0.3) is 0 Å². The largest absolute Gasteiger partial charge is 0.311 e. The van der Waals surface area contributed by atoms with Crippen LogP contribution in [0.3, 0.4) is 0 Å². The average molecular weight is 210 g/mol. The molecule has 1 heterocycles. The Morgan fingerprint density at radius 2 is 2.50 bits per heavy atom. The number of carbonyl (C=O) groups is 1. The number of rotatable bonds is 3. The summed E-state index contributed by atoms with van der Waals surface area (Å²) in [5.74, 6) is 2.57. The van der Waals surface area contributed by atoms with Gasteiger partial charge in [-0.25, -0.2) is 9.97 Å². The molecule has 0 aliphatic heterocycles. The number of hydrogen-bond donors (Lipinski definition) is 1. The molecule has 0 unspecified atom stereocenters. The van der Waals surface area contributed by atoms with Gasteiger partial charge in [0.25, 0.3) is 0 Å². The van der Waals surface area contributed by atoms with E-state index in [4.69, 9.17) is 18.0 Å². The van der Waals surface area contributed by atoms with Crippen molar-refractivity contribution in [2.75, 3.05) is 5.32 Å². The zero-order chi connectivity index (χ0) is 10.4. The molecule has 0 saturated carbocycles. The van der Waals surface area contributed by atoms with Crippen molar-refractivity contribution >= 4 is 23.3 Å². The van der Waals surface area contributed by atoms with Crippen LogP contribution in [0.5, 0.6) is 0 Å². The minimum Gasteiger partial charge on any atom is -0.311 e. The minimum atomic E-state index is -0.183. The molecule has 0 aliphatic carbocycles. The van der Waals surface area contributed by atoms with E-state index in [1.807, 2.05) is 0 Å². The molecule has 0 atom stereocenters. The summed E-state index contributed by atoms with van der Waals surface area (Å²) >= 11 is 5.53. The minimum absolute atomic E-state index is 0.0970. The quantitative estimate of drug-likeness (QED) is 0.606. The van der Waals surface area contributed by atoms with Gasteiger partial charge in [-0.1, -0.05) is 0 Å². The molecule has 0 aromatic carbocycles. The first-order valence-electron chi connectivity index (χ1n) is 3.94. The number of nitrogens with one attached hydrogen (secondary N) is 1. The van der Waals surface area contributed by atoms with E-state index in [9.17, 15) is 4.79 Å². The Balaban J connectivity index is 2.53. The molecule has 0 radical (unpaired) electrons. The summed E-state index contributed by atoms with van der Waals surface area (Å²) in [5.41, 5.74) is 0. The Morgan fingerprint density at radius 3 is 3.14 bits per heavy atom. The lowest BCUT2D eigenvalue weighted by Gasteiger charge is -2.01. The fraction of sp³-hybridized carbons (Fsp3) is 0.222. The van der Waals surface area contributed by atoms with E-state index in [1.54, 1.807) is 6.07 Å². The van der Waals surface area contributed by atoms with Crippen LogP contribution < -0.4 is 5.32 Å². The molecule has 1 N–H and O–H groups in total. The highest BCUT2D eigenvalue weighted by atomic mass is 35.5. The number of halogens is 1. The third kappa shape index (κ3) is 3.42. The number of aromatic nitrogens is 2. The second kappa shape index (κ2) is 5.20. The second-order valence-corrected chi connectivity index (χ2v) is 2.80. The summed E-state index contributed by atoms with van der Waals surface area (Å²) in [6.45, 7) is 0. The van der Waals surface area contributed by atoms with Crippen LogP contribution in [0.15, 0.2) is 12.3 Å². The maximum absolute atomic E-state index is 11.2. The van der Waals surface area contributed by atoms with Crippen LogP contribution in [-0.2, 0) is 4.79 Å². The van der Waals surface area contributed by atoms with E-state index in [1.165, 1.54) is 6.20 Å². The van der Waals surface area contributed by atoms with Gasteiger partial charge in [-0.05, 0) is 17.7 Å². The van der Waals surface area contributed by atoms with Crippen molar-refractivity contribution in [2.45, 2.75) is 12.8 Å². The summed E-state index contributed by atoms with van der Waals surface area (Å²) in [5, 5.41) is 2.64. The standard InChI is InChI=1S/C9H8ClN3O/c1-2-3-4-8(14)12-7-5-6-11-9(10)13-7/h1,5-6H,3-4H2,(H,11,12,13,14). The zero-order valence-electron chi connectivity index (χ0n) is 7.33. The van der Waals surface area contributed by atoms with Crippen LogP contribution in [0.1, 0.15) is 12.8 Å². The summed E-state index contributed by atoms with van der Waals surface area (Å²) in [6, 6.07) is 1.56. The highest BCUT2D eigenvalue weighted by Gasteiger charge is 2.02. The number of anilines is 1. The fourth-order valence-electron chi connectivity index (χ4n) is 0.796. The summed E-state index contributed by atoms with van der Waals surface area (Å²) in [4.78, 5) is 18.6. The Hall–Kier alpha value is -1.60. The van der Waals surface area contributed by atoms with Gasteiger partial charge in [0.1, 0.15) is 5.82 Å². The molecule has 72 valence electrons. The predicted octanol–water partition coefficient (Wildman–Crippen LogP) is 1.48. The van der Waals surface area contributed by atoms with Gasteiger partial charge in [-0.3, -0.25) is 4.79 Å². The lowest BCUT2D eigenvalue weighted by Crippen LogP contribution is -2.12. The molecule has 4 nitrogen and oxygen atoms in total. The van der Waals surface area contributed by atoms with E-state index in [0.717, 1.165) is 0 Å². The summed E-state index contributed by atoms with van der Waals surface area (Å²) in [6.07, 6.45) is 7.17. The van der Waals surface area contributed by atoms with E-state index in [2.05, 4.69) is 21.2 Å². The van der Waals surface area contributed by atoms with E-state index in [0.29, 0.717) is 12.2 Å². The number of amides is 1. The molecule has 0 fully saturated rings. The number of hydrogen-bond acceptors (Lipinski definition) is 3. The molecule has 1 rings (SSSR count). The fourth-order valence-corrected chi connectivity index (χ4v) is 0.943. The zero-order valence-corrected chi connectivity index (χ0v) is 8.08. The lowest BCUT2D eigenvalue weighted by atomic mass is 10.3. The maximum Gasteiger partial charge on any atom is 0.226 e. The molecule has 5 heteroatoms. The first-order valence-corrected chi connectivity index (χ1v) is 4.32. The second-order valence-electron chi connectivity index (χ2n) is 2.46. The molecule has 1 aromatic heterocycles. The molecule has 0 bridgehead atoms. The monoisotopic (exact) mass is 209 g/mol. The summed E-state index contributed by atoms with van der Waals surface area (Å²) < 4.78 is 0. The number of terminal acetylenes is 1. The van der Waals surface area contributed by atoms with Crippen molar-refractivity contribution in [3.05, 3.63) is 17.5 Å². The van der Waals surface area contributed by atoms with Crippen molar-refractivity contribution in [2.24, 2.45) is 0 Å². The van der Waals surface area contributed by atoms with Crippen molar-refractivity contribution < 1.29 is 4.79 Å². The normalized spacial score (nSPS) is 9.14. The van der Waals surface area contributed by atoms with Gasteiger partial charge in [0, 0.05) is 19.0 Å². The Kier molecular flexibility index (Phi) is 3.89. The van der Waals surface area contributed by atoms with Crippen molar-refractivity contribution in [1.29, 1.82) is 0 Å². The van der Waals surface area contributed by atoms with E-state index >= 15 is 0 Å². The smallest absolute Gasteiger partial charge is 0.226 e. The van der Waals surface area contributed by atoms with Crippen molar-refractivity contribution in [3.8, 4) is 12.3 Å². The molecule has 1 aromatic rings. The summed E-state index contributed by atoms with van der Waals surface area (Å²) in [7, 11) is 0. The molecular weight excluding hydrogens is 202 g/mol. The first kappa shape index (κ1) is 10.5. The highest BCUT2D eigenvalue weighted by Crippen LogP contribution is 2.06. The molecule has 14 heavy (non-hydrogen) atoms. The molecule has 0 saturated heterocycles. The van der Waals surface area contributed by atoms with Crippen molar-refractivity contribution in [3.63, 3.8) is 0 Å². The maximum atomic E-state index is 11.2. The molecule has 0 aliphatic rings. The van der Waals surface area contributed by atoms with Crippen LogP contribution in [0.4, 0.5) is 5.82 Å². The van der Waals surface area contributed by atoms with Gasteiger partial charge in [0.2, 0.25) is 11.2 Å². The third-order valence-corrected chi connectivity index (χ3v) is 1.57. The number of carbonyl (C=O) groups excluding carboxylic acids is 1. The topological polar surface area (TPSA) is 54.9 Å². The lowest BCUT2D eigenvalue weighted by molar-refractivity contribution is -0.116. The average Bonchev–Trinajstić information content (AvgIpc) is 2.15. The third-order valence-electron chi connectivity index (χ3n) is 1.39. The Morgan fingerprint density at radius 1 is 1.71 bits per heavy atom. The molecular formula is C9H8ClN3O. The Bertz CT molecular complexity index is 373. The van der Waals surface area contributed by atoms with Gasteiger partial charge >= 0.3 is 0 Å². The van der Waals surface area contributed by atoms with Crippen LogP contribution in [-0.4, -0.2) is 15.9 Å². The van der Waals surface area contributed by atoms with E-state index in [-0.39, 0.29) is 17.6 Å². The highest BCUT2D eigenvalue weighted by molar-refractivity contribution is 6.28. The molecule has 0 spiro atoms. The van der Waals surface area contributed by atoms with Crippen LogP contribution in [0.2, 0.25) is 5.28 Å². The predicted molar refractivity (Wildman–Crippen MR) is 53.7 cm³/mol. The molecule has 1 amide bonds. The van der Waals surface area contributed by atoms with Gasteiger partial charge < -0.3 is 5.32 Å². The number of nitrogens with zero attached hydrogens (tertiary/aromatic N) is 2.